The molecule has 48 heavy (non-hydrogen) atoms. The number of aryl methyl sites for hydroxylation is 1. The van der Waals surface area contributed by atoms with E-state index in [1.807, 2.05) is 32.8 Å². The number of hydrogen-bond acceptors (Lipinski definition) is 8. The Balaban J connectivity index is 2.06. The molecule has 11 nitrogen and oxygen atoms in total. The molecule has 0 spiro atoms. The fraction of sp³-hybridized carbons (Fsp3) is 0.406. The minimum atomic E-state index is -5.43. The summed E-state index contributed by atoms with van der Waals surface area (Å²) in [4.78, 5) is 50.4. The molecule has 1 aliphatic heterocycles. The van der Waals surface area contributed by atoms with Crippen molar-refractivity contribution < 1.29 is 41.1 Å². The number of amides is 3. The zero-order valence-corrected chi connectivity index (χ0v) is 27.4. The average Bonchev–Trinajstić information content (AvgIpc) is 2.95. The number of aromatic nitrogens is 2. The fourth-order valence-electron chi connectivity index (χ4n) is 5.34. The van der Waals surface area contributed by atoms with Gasteiger partial charge < -0.3 is 25.6 Å². The summed E-state index contributed by atoms with van der Waals surface area (Å²) in [5, 5.41) is 8.14. The molecule has 2 heterocycles. The summed E-state index contributed by atoms with van der Waals surface area (Å²) < 4.78 is 75.9. The molecule has 1 aliphatic rings. The van der Waals surface area contributed by atoms with Crippen LogP contribution in [0.4, 0.5) is 44.2 Å². The number of alkyl halides is 3. The zero-order valence-electron chi connectivity index (χ0n) is 27.4. The third-order valence-corrected chi connectivity index (χ3v) is 7.14. The summed E-state index contributed by atoms with van der Waals surface area (Å²) >= 11 is 0. The van der Waals surface area contributed by atoms with Crippen LogP contribution in [0.15, 0.2) is 30.3 Å². The van der Waals surface area contributed by atoms with E-state index < -0.39 is 64.2 Å². The number of fused-ring (bicyclic) bond motifs is 1. The van der Waals surface area contributed by atoms with Crippen LogP contribution in [-0.2, 0) is 11.3 Å². The van der Waals surface area contributed by atoms with Gasteiger partial charge in [-0.1, -0.05) is 26.0 Å². The topological polar surface area (TPSA) is 129 Å². The number of anilines is 3. The summed E-state index contributed by atoms with van der Waals surface area (Å²) in [6.45, 7) is 9.16. The molecule has 3 N–H and O–H groups in total. The number of carbonyl (C=O) groups excluding carboxylic acids is 3. The molecular formula is C32H36F5N7O4. The van der Waals surface area contributed by atoms with Gasteiger partial charge in [0.05, 0.1) is 17.8 Å². The van der Waals surface area contributed by atoms with Gasteiger partial charge in [-0.2, -0.15) is 18.2 Å². The Bertz CT molecular complexity index is 1720. The SMILES string of the molecule is Cc1ccc(C(=O)NC(C)C)c(OC(=O)C(F)(F)F)c1-c1nc(NCC(C)(C)CN(C)C)nc2c1CNC(=O)N2c1c(F)cccc1F. The highest BCUT2D eigenvalue weighted by Crippen LogP contribution is 2.43. The van der Waals surface area contributed by atoms with E-state index >= 15 is 8.78 Å². The van der Waals surface area contributed by atoms with Crippen molar-refractivity contribution in [2.45, 2.75) is 53.4 Å². The van der Waals surface area contributed by atoms with Crippen molar-refractivity contribution in [1.29, 1.82) is 0 Å². The zero-order chi connectivity index (χ0) is 35.7. The van der Waals surface area contributed by atoms with Crippen LogP contribution in [0.5, 0.6) is 5.75 Å². The molecule has 0 radical (unpaired) electrons. The van der Waals surface area contributed by atoms with Crippen LogP contribution in [-0.4, -0.2) is 72.2 Å². The van der Waals surface area contributed by atoms with Crippen LogP contribution in [0.3, 0.4) is 0 Å². The van der Waals surface area contributed by atoms with E-state index in [-0.39, 0.29) is 47.2 Å². The number of para-hydroxylation sites is 1. The third-order valence-electron chi connectivity index (χ3n) is 7.14. The van der Waals surface area contributed by atoms with Crippen molar-refractivity contribution in [3.05, 3.63) is 58.7 Å². The third kappa shape index (κ3) is 7.81. The normalized spacial score (nSPS) is 13.4. The van der Waals surface area contributed by atoms with E-state index in [9.17, 15) is 27.6 Å². The summed E-state index contributed by atoms with van der Waals surface area (Å²) in [6.07, 6.45) is -5.43. The van der Waals surface area contributed by atoms with Crippen molar-refractivity contribution in [1.82, 2.24) is 25.5 Å². The maximum atomic E-state index is 15.1. The Hall–Kier alpha value is -4.86. The molecule has 0 atom stereocenters. The maximum Gasteiger partial charge on any atom is 0.491 e. The molecule has 2 aromatic carbocycles. The van der Waals surface area contributed by atoms with Crippen LogP contribution in [0, 0.1) is 24.0 Å². The lowest BCUT2D eigenvalue weighted by Gasteiger charge is -2.32. The summed E-state index contributed by atoms with van der Waals surface area (Å²) in [7, 11) is 3.76. The number of urea groups is 1. The van der Waals surface area contributed by atoms with Gasteiger partial charge in [-0.3, -0.25) is 4.79 Å². The van der Waals surface area contributed by atoms with E-state index in [0.717, 1.165) is 18.2 Å². The Labute approximate surface area is 273 Å². The lowest BCUT2D eigenvalue weighted by atomic mass is 9.93. The lowest BCUT2D eigenvalue weighted by molar-refractivity contribution is -0.189. The Morgan fingerprint density at radius 1 is 1.08 bits per heavy atom. The number of carbonyl (C=O) groups is 3. The van der Waals surface area contributed by atoms with Gasteiger partial charge in [-0.05, 0) is 64.0 Å². The van der Waals surface area contributed by atoms with Gasteiger partial charge in [-0.15, -0.1) is 0 Å². The van der Waals surface area contributed by atoms with Gasteiger partial charge in [0, 0.05) is 30.3 Å². The molecule has 3 amide bonds. The molecule has 0 saturated heterocycles. The predicted octanol–water partition coefficient (Wildman–Crippen LogP) is 5.70. The first-order chi connectivity index (χ1) is 22.3. The molecule has 1 aromatic heterocycles. The van der Waals surface area contributed by atoms with E-state index in [2.05, 4.69) is 25.9 Å². The average molecular weight is 678 g/mol. The van der Waals surface area contributed by atoms with Crippen molar-refractivity contribution in [3.8, 4) is 17.0 Å². The van der Waals surface area contributed by atoms with Crippen LogP contribution in [0.2, 0.25) is 0 Å². The van der Waals surface area contributed by atoms with Crippen LogP contribution >= 0.6 is 0 Å². The standard InChI is InChI=1S/C32H36F5N7O4/c1-16(2)40-27(45)18-12-11-17(3)22(25(18)48-28(46)32(35,36)37)23-19-13-38-30(47)44(24-20(33)9-8-10-21(24)34)26(19)42-29(41-23)39-14-31(4,5)15-43(6)7/h8-12,16H,13-15H2,1-7H3,(H,38,47)(H,40,45)(H,39,41,42). The number of hydrogen-bond donors (Lipinski definition) is 3. The second kappa shape index (κ2) is 13.7. The number of benzene rings is 2. The van der Waals surface area contributed by atoms with Crippen LogP contribution in [0.1, 0.15) is 49.2 Å². The maximum absolute atomic E-state index is 15.1. The van der Waals surface area contributed by atoms with Gasteiger partial charge in [0.15, 0.2) is 11.6 Å². The van der Waals surface area contributed by atoms with Gasteiger partial charge >= 0.3 is 18.2 Å². The minimum absolute atomic E-state index is 0.0178. The van der Waals surface area contributed by atoms with E-state index in [1.54, 1.807) is 13.8 Å². The van der Waals surface area contributed by atoms with Crippen molar-refractivity contribution >= 4 is 35.4 Å². The predicted molar refractivity (Wildman–Crippen MR) is 168 cm³/mol. The number of nitrogens with one attached hydrogen (secondary N) is 3. The van der Waals surface area contributed by atoms with Crippen LogP contribution < -0.4 is 25.6 Å². The number of ether oxygens (including phenoxy) is 1. The summed E-state index contributed by atoms with van der Waals surface area (Å²) in [5.74, 6) is -6.82. The van der Waals surface area contributed by atoms with Crippen molar-refractivity contribution in [2.75, 3.05) is 37.4 Å². The molecule has 0 aliphatic carbocycles. The molecule has 0 unspecified atom stereocenters. The second-order valence-corrected chi connectivity index (χ2v) is 12.7. The molecule has 258 valence electrons. The molecule has 4 rings (SSSR count). The minimum Gasteiger partial charge on any atom is -0.418 e. The molecule has 16 heteroatoms. The number of nitrogens with zero attached hydrogens (tertiary/aromatic N) is 4. The van der Waals surface area contributed by atoms with Gasteiger partial charge in [0.1, 0.15) is 17.3 Å². The van der Waals surface area contributed by atoms with E-state index in [0.29, 0.717) is 11.4 Å². The van der Waals surface area contributed by atoms with Gasteiger partial charge in [0.2, 0.25) is 5.95 Å². The molecule has 3 aromatic rings. The molecule has 0 fully saturated rings. The van der Waals surface area contributed by atoms with Crippen molar-refractivity contribution in [3.63, 3.8) is 0 Å². The second-order valence-electron chi connectivity index (χ2n) is 12.7. The highest BCUT2D eigenvalue weighted by molar-refractivity contribution is 6.04. The number of halogens is 5. The van der Waals surface area contributed by atoms with E-state index in [4.69, 9.17) is 4.74 Å². The van der Waals surface area contributed by atoms with Gasteiger partial charge in [0.25, 0.3) is 5.91 Å². The number of rotatable bonds is 10. The smallest absolute Gasteiger partial charge is 0.418 e. The highest BCUT2D eigenvalue weighted by Gasteiger charge is 2.43. The van der Waals surface area contributed by atoms with Crippen LogP contribution in [0.25, 0.3) is 11.3 Å². The Morgan fingerprint density at radius 3 is 2.31 bits per heavy atom. The van der Waals surface area contributed by atoms with Gasteiger partial charge in [-0.25, -0.2) is 28.3 Å². The van der Waals surface area contributed by atoms with Crippen molar-refractivity contribution in [2.24, 2.45) is 5.41 Å². The summed E-state index contributed by atoms with van der Waals surface area (Å²) in [6, 6.07) is 4.24. The fourth-order valence-corrected chi connectivity index (χ4v) is 5.34. The largest absolute Gasteiger partial charge is 0.491 e. The summed E-state index contributed by atoms with van der Waals surface area (Å²) in [5.41, 5.74) is -1.68. The molecular weight excluding hydrogens is 641 g/mol. The first-order valence-electron chi connectivity index (χ1n) is 14.9. The number of esters is 1. The Kier molecular flexibility index (Phi) is 10.3. The Morgan fingerprint density at radius 2 is 1.73 bits per heavy atom. The molecule has 0 saturated carbocycles. The monoisotopic (exact) mass is 677 g/mol. The quantitative estimate of drug-likeness (QED) is 0.142. The lowest BCUT2D eigenvalue weighted by Crippen LogP contribution is -2.43. The first-order valence-corrected chi connectivity index (χ1v) is 14.9. The first kappa shape index (κ1) is 36.0. The van der Waals surface area contributed by atoms with E-state index in [1.165, 1.54) is 19.1 Å². The highest BCUT2D eigenvalue weighted by atomic mass is 19.4. The molecule has 0 bridgehead atoms.